The van der Waals surface area contributed by atoms with Gasteiger partial charge in [-0.25, -0.2) is 5.43 Å². The number of hydrogen-bond donors (Lipinski definition) is 1. The minimum atomic E-state index is -0.346. The van der Waals surface area contributed by atoms with E-state index in [-0.39, 0.29) is 12.5 Å². The number of nitrogens with one attached hydrogen (secondary N) is 1. The molecule has 1 aromatic carbocycles. The molecule has 1 heterocycles. The molecule has 0 aliphatic heterocycles. The molecule has 0 radical (unpaired) electrons. The van der Waals surface area contributed by atoms with Crippen LogP contribution in [0.5, 0.6) is 5.75 Å². The molecule has 0 fully saturated rings. The Morgan fingerprint density at radius 2 is 2.20 bits per heavy atom. The first-order valence-corrected chi connectivity index (χ1v) is 8.49. The molecule has 0 saturated carbocycles. The summed E-state index contributed by atoms with van der Waals surface area (Å²) in [6.07, 6.45) is 1.51. The standard InChI is InChI=1S/C18H23ClN4O2/c1-12(2)10-23-18(19)16(14(4)22-23)9-20-21-17(24)11-25-15-7-5-6-13(3)8-15/h5-9,12H,10-11H2,1-4H3,(H,21,24)/b20-9-. The minimum Gasteiger partial charge on any atom is -0.484 e. The average molecular weight is 363 g/mol. The molecular weight excluding hydrogens is 340 g/mol. The maximum absolute atomic E-state index is 11.8. The molecule has 0 aliphatic rings. The summed E-state index contributed by atoms with van der Waals surface area (Å²) in [5.74, 6) is 0.731. The van der Waals surface area contributed by atoms with Crippen molar-refractivity contribution in [3.05, 3.63) is 46.2 Å². The van der Waals surface area contributed by atoms with Gasteiger partial charge in [0.05, 0.1) is 17.5 Å². The van der Waals surface area contributed by atoms with Crippen molar-refractivity contribution >= 4 is 23.7 Å². The number of hydrazone groups is 1. The van der Waals surface area contributed by atoms with Gasteiger partial charge in [-0.3, -0.25) is 9.48 Å². The molecule has 0 spiro atoms. The molecule has 25 heavy (non-hydrogen) atoms. The number of aromatic nitrogens is 2. The largest absolute Gasteiger partial charge is 0.484 e. The Bertz CT molecular complexity index is 768. The molecular formula is C18H23ClN4O2. The van der Waals surface area contributed by atoms with Gasteiger partial charge in [0, 0.05) is 6.54 Å². The smallest absolute Gasteiger partial charge is 0.277 e. The van der Waals surface area contributed by atoms with Gasteiger partial charge in [0.25, 0.3) is 5.91 Å². The Labute approximate surface area is 152 Å². The van der Waals surface area contributed by atoms with Crippen molar-refractivity contribution in [1.82, 2.24) is 15.2 Å². The van der Waals surface area contributed by atoms with Crippen molar-refractivity contribution in [2.75, 3.05) is 6.61 Å². The summed E-state index contributed by atoms with van der Waals surface area (Å²) in [5, 5.41) is 8.85. The number of carbonyl (C=O) groups is 1. The Kier molecular flexibility index (Phi) is 6.58. The number of aryl methyl sites for hydroxylation is 2. The van der Waals surface area contributed by atoms with E-state index in [1.54, 1.807) is 10.7 Å². The summed E-state index contributed by atoms with van der Waals surface area (Å²) in [7, 11) is 0. The number of nitrogens with zero attached hydrogens (tertiary/aromatic N) is 3. The highest BCUT2D eigenvalue weighted by atomic mass is 35.5. The van der Waals surface area contributed by atoms with Crippen LogP contribution in [0.2, 0.25) is 5.15 Å². The lowest BCUT2D eigenvalue weighted by Gasteiger charge is -2.06. The zero-order chi connectivity index (χ0) is 18.4. The van der Waals surface area contributed by atoms with Gasteiger partial charge in [-0.2, -0.15) is 10.2 Å². The van der Waals surface area contributed by atoms with Gasteiger partial charge in [0.1, 0.15) is 10.9 Å². The van der Waals surface area contributed by atoms with Crippen LogP contribution in [0.4, 0.5) is 0 Å². The molecule has 2 aromatic rings. The predicted molar refractivity (Wildman–Crippen MR) is 99.2 cm³/mol. The van der Waals surface area contributed by atoms with Crippen molar-refractivity contribution in [3.63, 3.8) is 0 Å². The molecule has 6 nitrogen and oxygen atoms in total. The van der Waals surface area contributed by atoms with Crippen LogP contribution in [0, 0.1) is 19.8 Å². The Balaban J connectivity index is 1.90. The summed E-state index contributed by atoms with van der Waals surface area (Å²) < 4.78 is 7.16. The molecule has 7 heteroatoms. The zero-order valence-electron chi connectivity index (χ0n) is 14.9. The molecule has 1 amide bonds. The van der Waals surface area contributed by atoms with Crippen molar-refractivity contribution in [2.45, 2.75) is 34.2 Å². The van der Waals surface area contributed by atoms with Crippen molar-refractivity contribution < 1.29 is 9.53 Å². The lowest BCUT2D eigenvalue weighted by Crippen LogP contribution is -2.24. The molecule has 0 unspecified atom stereocenters. The minimum absolute atomic E-state index is 0.111. The second kappa shape index (κ2) is 8.67. The third-order valence-corrected chi connectivity index (χ3v) is 3.79. The summed E-state index contributed by atoms with van der Waals surface area (Å²) in [5.41, 5.74) is 4.96. The van der Waals surface area contributed by atoms with E-state index in [1.807, 2.05) is 32.0 Å². The number of halogens is 1. The van der Waals surface area contributed by atoms with Crippen LogP contribution in [0.1, 0.15) is 30.7 Å². The third kappa shape index (κ3) is 5.60. The zero-order valence-corrected chi connectivity index (χ0v) is 15.7. The highest BCUT2D eigenvalue weighted by Gasteiger charge is 2.12. The lowest BCUT2D eigenvalue weighted by molar-refractivity contribution is -0.123. The van der Waals surface area contributed by atoms with Crippen LogP contribution in [0.15, 0.2) is 29.4 Å². The fourth-order valence-corrected chi connectivity index (χ4v) is 2.53. The van der Waals surface area contributed by atoms with Gasteiger partial charge < -0.3 is 4.74 Å². The maximum Gasteiger partial charge on any atom is 0.277 e. The highest BCUT2D eigenvalue weighted by molar-refractivity contribution is 6.32. The number of carbonyl (C=O) groups excluding carboxylic acids is 1. The van der Waals surface area contributed by atoms with Crippen LogP contribution in [-0.4, -0.2) is 28.5 Å². The monoisotopic (exact) mass is 362 g/mol. The first-order valence-electron chi connectivity index (χ1n) is 8.11. The van der Waals surface area contributed by atoms with E-state index in [0.717, 1.165) is 17.8 Å². The van der Waals surface area contributed by atoms with Crippen LogP contribution in [0.25, 0.3) is 0 Å². The highest BCUT2D eigenvalue weighted by Crippen LogP contribution is 2.19. The topological polar surface area (TPSA) is 68.5 Å². The molecule has 0 saturated heterocycles. The van der Waals surface area contributed by atoms with E-state index in [4.69, 9.17) is 16.3 Å². The Hall–Kier alpha value is -2.34. The molecule has 2 rings (SSSR count). The average Bonchev–Trinajstić information content (AvgIpc) is 2.80. The summed E-state index contributed by atoms with van der Waals surface area (Å²) in [4.78, 5) is 11.8. The first kappa shape index (κ1) is 19.0. The predicted octanol–water partition coefficient (Wildman–Crippen LogP) is 3.34. The first-order chi connectivity index (χ1) is 11.9. The number of amides is 1. The number of ether oxygens (including phenoxy) is 1. The maximum atomic E-state index is 11.8. The second-order valence-electron chi connectivity index (χ2n) is 6.26. The van der Waals surface area contributed by atoms with Gasteiger partial charge in [-0.1, -0.05) is 37.6 Å². The van der Waals surface area contributed by atoms with Crippen LogP contribution >= 0.6 is 11.6 Å². The number of rotatable bonds is 7. The van der Waals surface area contributed by atoms with Crippen LogP contribution in [-0.2, 0) is 11.3 Å². The van der Waals surface area contributed by atoms with E-state index in [1.165, 1.54) is 6.21 Å². The summed E-state index contributed by atoms with van der Waals surface area (Å²) >= 11 is 6.32. The van der Waals surface area contributed by atoms with E-state index in [2.05, 4.69) is 29.5 Å². The van der Waals surface area contributed by atoms with E-state index < -0.39 is 0 Å². The SMILES string of the molecule is Cc1cccc(OCC(=O)N/N=C\c2c(C)nn(CC(C)C)c2Cl)c1. The van der Waals surface area contributed by atoms with Crippen LogP contribution < -0.4 is 10.2 Å². The van der Waals surface area contributed by atoms with Gasteiger partial charge in [-0.15, -0.1) is 0 Å². The summed E-state index contributed by atoms with van der Waals surface area (Å²) in [6.45, 7) is 8.62. The molecule has 134 valence electrons. The fraction of sp³-hybridized carbons (Fsp3) is 0.389. The molecule has 1 aromatic heterocycles. The lowest BCUT2D eigenvalue weighted by atomic mass is 10.2. The molecule has 0 aliphatic carbocycles. The number of benzene rings is 1. The van der Waals surface area contributed by atoms with Gasteiger partial charge in [-0.05, 0) is 37.5 Å². The quantitative estimate of drug-likeness (QED) is 0.606. The van der Waals surface area contributed by atoms with Gasteiger partial charge in [0.15, 0.2) is 6.61 Å². The van der Waals surface area contributed by atoms with Gasteiger partial charge in [0.2, 0.25) is 0 Å². The van der Waals surface area contributed by atoms with Crippen LogP contribution in [0.3, 0.4) is 0 Å². The Morgan fingerprint density at radius 3 is 2.88 bits per heavy atom. The van der Waals surface area contributed by atoms with E-state index in [9.17, 15) is 4.79 Å². The fourth-order valence-electron chi connectivity index (χ4n) is 2.24. The van der Waals surface area contributed by atoms with Crippen molar-refractivity contribution in [3.8, 4) is 5.75 Å². The Morgan fingerprint density at radius 1 is 1.44 bits per heavy atom. The molecule has 0 bridgehead atoms. The van der Waals surface area contributed by atoms with E-state index >= 15 is 0 Å². The second-order valence-corrected chi connectivity index (χ2v) is 6.62. The van der Waals surface area contributed by atoms with Crippen molar-refractivity contribution in [2.24, 2.45) is 11.0 Å². The summed E-state index contributed by atoms with van der Waals surface area (Å²) in [6, 6.07) is 7.50. The van der Waals surface area contributed by atoms with E-state index in [0.29, 0.717) is 22.4 Å². The molecule has 0 atom stereocenters. The molecule has 1 N–H and O–H groups in total. The van der Waals surface area contributed by atoms with Gasteiger partial charge >= 0.3 is 0 Å². The third-order valence-electron chi connectivity index (χ3n) is 3.39. The van der Waals surface area contributed by atoms with Crippen molar-refractivity contribution in [1.29, 1.82) is 0 Å². The normalized spacial score (nSPS) is 11.3. The number of hydrogen-bond acceptors (Lipinski definition) is 4.